The Morgan fingerprint density at radius 1 is 0.739 bits per heavy atom. The Morgan fingerprint density at radius 2 is 1.35 bits per heavy atom. The number of benzene rings is 3. The van der Waals surface area contributed by atoms with Crippen LogP contribution in [0.15, 0.2) is 66.7 Å². The van der Waals surface area contributed by atoms with Gasteiger partial charge in [0.05, 0.1) is 11.1 Å². The predicted octanol–water partition coefficient (Wildman–Crippen LogP) is 3.57. The second-order valence-electron chi connectivity index (χ2n) is 5.37. The van der Waals surface area contributed by atoms with Crippen molar-refractivity contribution >= 4 is 22.6 Å². The highest BCUT2D eigenvalue weighted by Crippen LogP contribution is 2.30. The van der Waals surface area contributed by atoms with E-state index < -0.39 is 11.8 Å². The number of rotatable bonds is 3. The van der Waals surface area contributed by atoms with E-state index >= 15 is 0 Å². The third-order valence-corrected chi connectivity index (χ3v) is 3.94. The van der Waals surface area contributed by atoms with Gasteiger partial charge in [0.2, 0.25) is 0 Å². The summed E-state index contributed by atoms with van der Waals surface area (Å²) in [6.45, 7) is 0.163. The number of hydrogen-bond acceptors (Lipinski definition) is 3. The Labute approximate surface area is 132 Å². The molecule has 0 atom stereocenters. The van der Waals surface area contributed by atoms with Gasteiger partial charge >= 0.3 is 0 Å². The van der Waals surface area contributed by atoms with Crippen LogP contribution in [0.2, 0.25) is 0 Å². The highest BCUT2D eigenvalue weighted by atomic mass is 16.7. The van der Waals surface area contributed by atoms with Crippen molar-refractivity contribution in [1.29, 1.82) is 0 Å². The minimum Gasteiger partial charge on any atom is -0.266 e. The number of amides is 2. The molecule has 4 heteroatoms. The van der Waals surface area contributed by atoms with Crippen molar-refractivity contribution in [3.63, 3.8) is 0 Å². The van der Waals surface area contributed by atoms with Crippen LogP contribution < -0.4 is 0 Å². The van der Waals surface area contributed by atoms with Gasteiger partial charge in [-0.25, -0.2) is 0 Å². The average molecular weight is 303 g/mol. The van der Waals surface area contributed by atoms with E-state index in [4.69, 9.17) is 4.84 Å². The van der Waals surface area contributed by atoms with Crippen LogP contribution in [0, 0.1) is 0 Å². The molecule has 0 aliphatic carbocycles. The number of carbonyl (C=O) groups is 2. The van der Waals surface area contributed by atoms with Crippen LogP contribution >= 0.6 is 0 Å². The van der Waals surface area contributed by atoms with Crippen LogP contribution in [0.4, 0.5) is 0 Å². The Kier molecular flexibility index (Phi) is 3.17. The van der Waals surface area contributed by atoms with Crippen molar-refractivity contribution in [2.45, 2.75) is 6.61 Å². The van der Waals surface area contributed by atoms with Gasteiger partial charge in [-0.2, -0.15) is 0 Å². The van der Waals surface area contributed by atoms with Crippen molar-refractivity contribution in [1.82, 2.24) is 5.06 Å². The third kappa shape index (κ3) is 2.20. The Hall–Kier alpha value is -2.98. The average Bonchev–Trinajstić information content (AvgIpc) is 2.60. The van der Waals surface area contributed by atoms with Crippen LogP contribution in [0.3, 0.4) is 0 Å². The fourth-order valence-corrected chi connectivity index (χ4v) is 2.84. The third-order valence-electron chi connectivity index (χ3n) is 3.94. The number of hydroxylamine groups is 2. The molecule has 4 rings (SSSR count). The largest absolute Gasteiger partial charge is 0.285 e. The first-order chi connectivity index (χ1) is 11.3. The molecule has 3 aromatic rings. The minimum absolute atomic E-state index is 0.163. The maximum atomic E-state index is 12.6. The number of hydrogen-bond donors (Lipinski definition) is 0. The van der Waals surface area contributed by atoms with Crippen molar-refractivity contribution in [2.24, 2.45) is 0 Å². The molecular weight excluding hydrogens is 290 g/mol. The van der Waals surface area contributed by atoms with E-state index in [2.05, 4.69) is 0 Å². The van der Waals surface area contributed by atoms with Gasteiger partial charge in [-0.05, 0) is 23.1 Å². The first kappa shape index (κ1) is 13.7. The van der Waals surface area contributed by atoms with Gasteiger partial charge in [0, 0.05) is 5.39 Å². The molecule has 0 fully saturated rings. The Balaban J connectivity index is 1.71. The Bertz CT molecular complexity index is 868. The van der Waals surface area contributed by atoms with Crippen LogP contribution in [0.5, 0.6) is 0 Å². The zero-order chi connectivity index (χ0) is 15.8. The maximum Gasteiger partial charge on any atom is 0.285 e. The molecule has 4 nitrogen and oxygen atoms in total. The van der Waals surface area contributed by atoms with E-state index in [1.165, 1.54) is 0 Å². The fraction of sp³-hybridized carbons (Fsp3) is 0.0526. The highest BCUT2D eigenvalue weighted by molar-refractivity contribution is 6.24. The maximum absolute atomic E-state index is 12.6. The number of carbonyl (C=O) groups excluding carboxylic acids is 2. The lowest BCUT2D eigenvalue weighted by Crippen LogP contribution is -2.40. The summed E-state index contributed by atoms with van der Waals surface area (Å²) in [6, 6.07) is 20.3. The summed E-state index contributed by atoms with van der Waals surface area (Å²) in [4.78, 5) is 30.7. The molecule has 0 aromatic heterocycles. The summed E-state index contributed by atoms with van der Waals surface area (Å²) in [5.74, 6) is -0.842. The number of nitrogens with zero attached hydrogens (tertiary/aromatic N) is 1. The smallest absolute Gasteiger partial charge is 0.266 e. The molecular formula is C19H13NO3. The first-order valence-electron chi connectivity index (χ1n) is 7.33. The standard InChI is InChI=1S/C19H13NO3/c21-18-15-10-4-8-14-9-5-11-16(17(14)15)19(22)20(18)23-12-13-6-2-1-3-7-13/h1-11H,12H2. The van der Waals surface area contributed by atoms with Crippen LogP contribution in [-0.2, 0) is 11.4 Å². The van der Waals surface area contributed by atoms with Gasteiger partial charge in [-0.15, -0.1) is 5.06 Å². The van der Waals surface area contributed by atoms with Gasteiger partial charge in [-0.3, -0.25) is 14.4 Å². The molecule has 23 heavy (non-hydrogen) atoms. The molecule has 0 unspecified atom stereocenters. The monoisotopic (exact) mass is 303 g/mol. The molecule has 1 aliphatic rings. The molecule has 2 amide bonds. The van der Waals surface area contributed by atoms with E-state index in [0.29, 0.717) is 16.5 Å². The van der Waals surface area contributed by atoms with Crippen molar-refractivity contribution in [3.8, 4) is 0 Å². The lowest BCUT2D eigenvalue weighted by atomic mass is 9.95. The van der Waals surface area contributed by atoms with E-state index in [0.717, 1.165) is 16.0 Å². The van der Waals surface area contributed by atoms with Crippen molar-refractivity contribution in [3.05, 3.63) is 83.4 Å². The second-order valence-corrected chi connectivity index (χ2v) is 5.37. The molecule has 0 N–H and O–H groups in total. The van der Waals surface area contributed by atoms with E-state index in [1.807, 2.05) is 54.6 Å². The van der Waals surface area contributed by atoms with Crippen LogP contribution in [0.25, 0.3) is 10.8 Å². The molecule has 0 saturated heterocycles. The molecule has 0 bridgehead atoms. The van der Waals surface area contributed by atoms with Gasteiger partial charge in [0.25, 0.3) is 11.8 Å². The minimum atomic E-state index is -0.421. The second kappa shape index (κ2) is 5.34. The molecule has 112 valence electrons. The van der Waals surface area contributed by atoms with Crippen molar-refractivity contribution < 1.29 is 14.4 Å². The zero-order valence-electron chi connectivity index (χ0n) is 12.2. The van der Waals surface area contributed by atoms with E-state index in [-0.39, 0.29) is 6.61 Å². The van der Waals surface area contributed by atoms with Gasteiger partial charge in [-0.1, -0.05) is 54.6 Å². The zero-order valence-corrected chi connectivity index (χ0v) is 12.2. The molecule has 0 saturated carbocycles. The fourth-order valence-electron chi connectivity index (χ4n) is 2.84. The number of imide groups is 1. The highest BCUT2D eigenvalue weighted by Gasteiger charge is 2.33. The molecule has 1 heterocycles. The van der Waals surface area contributed by atoms with Gasteiger partial charge in [0.15, 0.2) is 0 Å². The van der Waals surface area contributed by atoms with Gasteiger partial charge < -0.3 is 0 Å². The predicted molar refractivity (Wildman–Crippen MR) is 85.7 cm³/mol. The molecule has 0 radical (unpaired) electrons. The van der Waals surface area contributed by atoms with E-state index in [9.17, 15) is 9.59 Å². The topological polar surface area (TPSA) is 46.6 Å². The van der Waals surface area contributed by atoms with Crippen LogP contribution in [0.1, 0.15) is 26.3 Å². The summed E-state index contributed by atoms with van der Waals surface area (Å²) >= 11 is 0. The lowest BCUT2D eigenvalue weighted by molar-refractivity contribution is -0.104. The van der Waals surface area contributed by atoms with Crippen molar-refractivity contribution in [2.75, 3.05) is 0 Å². The molecule has 1 aliphatic heterocycles. The summed E-state index contributed by atoms with van der Waals surface area (Å²) in [7, 11) is 0. The van der Waals surface area contributed by atoms with E-state index in [1.54, 1.807) is 12.1 Å². The Morgan fingerprint density at radius 3 is 1.96 bits per heavy atom. The summed E-state index contributed by atoms with van der Waals surface area (Å²) < 4.78 is 0. The lowest BCUT2D eigenvalue weighted by Gasteiger charge is -2.26. The SMILES string of the molecule is O=C1c2cccc3cccc(c23)C(=O)N1OCc1ccccc1. The quantitative estimate of drug-likeness (QED) is 0.695. The normalized spacial score (nSPS) is 13.7. The van der Waals surface area contributed by atoms with Crippen LogP contribution in [-0.4, -0.2) is 16.9 Å². The summed E-state index contributed by atoms with van der Waals surface area (Å²) in [5.41, 5.74) is 1.88. The molecule has 3 aromatic carbocycles. The summed E-state index contributed by atoms with van der Waals surface area (Å²) in [6.07, 6.45) is 0. The molecule has 0 spiro atoms. The first-order valence-corrected chi connectivity index (χ1v) is 7.33. The van der Waals surface area contributed by atoms with Gasteiger partial charge in [0.1, 0.15) is 6.61 Å². The summed E-state index contributed by atoms with van der Waals surface area (Å²) in [5, 5.41) is 2.44.